The second-order valence-electron chi connectivity index (χ2n) is 13.9. The first-order valence-electron chi connectivity index (χ1n) is 18.0. The Morgan fingerprint density at radius 2 is 1.76 bits per heavy atom. The minimum atomic E-state index is -0.688. The molecule has 0 spiro atoms. The average Bonchev–Trinajstić information content (AvgIpc) is 3.88. The number of imidazole rings is 1. The predicted octanol–water partition coefficient (Wildman–Crippen LogP) is 4.30. The summed E-state index contributed by atoms with van der Waals surface area (Å²) in [5, 5.41) is 19.7. The fourth-order valence-corrected chi connectivity index (χ4v) is 7.10. The normalized spacial score (nSPS) is 19.1. The van der Waals surface area contributed by atoms with E-state index in [1.54, 1.807) is 10.8 Å². The highest BCUT2D eigenvalue weighted by Gasteiger charge is 2.32. The molecule has 1 unspecified atom stereocenters. The standard InChI is InChI=1S/C36H47N9O6/c1-23(2)38-35(49)51-26-13-12-25(19-26)27-20-31(42-41-27)39-33(47)18-24-21-37-43(22-24)16-8-4-3-5-9-17-44-28-10-6-7-11-29(28)45(36(44)50)30-14-15-32(46)40-34(30)48/h6-7,10-11,20-23,25-26,30H,3-5,8-9,12-19H2,1-2H3,(H,38,49)(H,40,46,48)(H2,39,41,42,47)/t25-,26+,30?/m1/s1. The molecule has 1 aromatic carbocycles. The zero-order valence-electron chi connectivity index (χ0n) is 29.2. The van der Waals surface area contributed by atoms with Crippen LogP contribution in [0.4, 0.5) is 10.6 Å². The number of amides is 4. The van der Waals surface area contributed by atoms with Crippen molar-refractivity contribution < 1.29 is 23.9 Å². The van der Waals surface area contributed by atoms with Crippen molar-refractivity contribution >= 4 is 40.7 Å². The topological polar surface area (TPSA) is 187 Å². The number of ether oxygens (including phenoxy) is 1. The lowest BCUT2D eigenvalue weighted by Crippen LogP contribution is -2.44. The second-order valence-corrected chi connectivity index (χ2v) is 13.9. The average molecular weight is 702 g/mol. The van der Waals surface area contributed by atoms with Gasteiger partial charge in [0.1, 0.15) is 12.1 Å². The molecule has 1 saturated heterocycles. The number of nitrogens with zero attached hydrogens (tertiary/aromatic N) is 5. The summed E-state index contributed by atoms with van der Waals surface area (Å²) in [5.74, 6) is -0.258. The number of anilines is 1. The molecule has 15 nitrogen and oxygen atoms in total. The second kappa shape index (κ2) is 16.2. The fraction of sp³-hybridized carbons (Fsp3) is 0.528. The summed E-state index contributed by atoms with van der Waals surface area (Å²) in [6.45, 7) is 5.08. The summed E-state index contributed by atoms with van der Waals surface area (Å²) in [7, 11) is 0. The Bertz CT molecular complexity index is 1920. The Hall–Kier alpha value is -5.21. The van der Waals surface area contributed by atoms with Crippen LogP contribution in [0.3, 0.4) is 0 Å². The van der Waals surface area contributed by atoms with Gasteiger partial charge in [-0.05, 0) is 70.1 Å². The lowest BCUT2D eigenvalue weighted by Gasteiger charge is -2.21. The predicted molar refractivity (Wildman–Crippen MR) is 189 cm³/mol. The van der Waals surface area contributed by atoms with Crippen molar-refractivity contribution in [3.05, 3.63) is 64.5 Å². The fourth-order valence-electron chi connectivity index (χ4n) is 7.10. The van der Waals surface area contributed by atoms with Crippen LogP contribution in [0.15, 0.2) is 47.5 Å². The Kier molecular flexibility index (Phi) is 11.3. The Balaban J connectivity index is 0.892. The van der Waals surface area contributed by atoms with E-state index in [-0.39, 0.29) is 48.4 Å². The van der Waals surface area contributed by atoms with Crippen LogP contribution in [-0.4, -0.2) is 65.1 Å². The van der Waals surface area contributed by atoms with Crippen molar-refractivity contribution in [2.75, 3.05) is 5.32 Å². The highest BCUT2D eigenvalue weighted by Crippen LogP contribution is 2.36. The van der Waals surface area contributed by atoms with Crippen molar-refractivity contribution in [3.63, 3.8) is 0 Å². The number of nitrogens with one attached hydrogen (secondary N) is 4. The molecule has 1 aliphatic carbocycles. The van der Waals surface area contributed by atoms with E-state index in [9.17, 15) is 24.0 Å². The van der Waals surface area contributed by atoms with Crippen LogP contribution < -0.4 is 21.6 Å². The number of para-hydroxylation sites is 2. The Morgan fingerprint density at radius 1 is 1.00 bits per heavy atom. The third kappa shape index (κ3) is 8.94. The van der Waals surface area contributed by atoms with Crippen molar-refractivity contribution in [3.8, 4) is 0 Å². The van der Waals surface area contributed by atoms with Crippen LogP contribution in [0, 0.1) is 0 Å². The molecule has 15 heteroatoms. The molecule has 4 heterocycles. The van der Waals surface area contributed by atoms with E-state index >= 15 is 0 Å². The van der Waals surface area contributed by atoms with Crippen molar-refractivity contribution in [2.45, 2.75) is 122 Å². The first kappa shape index (κ1) is 35.6. The maximum Gasteiger partial charge on any atom is 0.407 e. The number of fused-ring (bicyclic) bond motifs is 1. The van der Waals surface area contributed by atoms with Crippen molar-refractivity contribution in [1.29, 1.82) is 0 Å². The van der Waals surface area contributed by atoms with Crippen molar-refractivity contribution in [1.82, 2.24) is 39.7 Å². The van der Waals surface area contributed by atoms with E-state index in [0.717, 1.165) is 68.3 Å². The number of hydrogen-bond donors (Lipinski definition) is 4. The van der Waals surface area contributed by atoms with Gasteiger partial charge in [0.25, 0.3) is 0 Å². The highest BCUT2D eigenvalue weighted by molar-refractivity contribution is 6.00. The van der Waals surface area contributed by atoms with Gasteiger partial charge in [-0.25, -0.2) is 9.59 Å². The summed E-state index contributed by atoms with van der Waals surface area (Å²) < 4.78 is 10.7. The molecule has 1 aliphatic heterocycles. The molecule has 1 saturated carbocycles. The Labute approximate surface area is 295 Å². The number of imide groups is 1. The smallest absolute Gasteiger partial charge is 0.407 e. The summed E-state index contributed by atoms with van der Waals surface area (Å²) in [6.07, 6.45) is 10.9. The minimum Gasteiger partial charge on any atom is -0.446 e. The number of unbranched alkanes of at least 4 members (excludes halogenated alkanes) is 4. The van der Waals surface area contributed by atoms with Crippen LogP contribution in [0.2, 0.25) is 0 Å². The van der Waals surface area contributed by atoms with E-state index in [2.05, 4.69) is 31.2 Å². The van der Waals surface area contributed by atoms with Gasteiger partial charge >= 0.3 is 11.8 Å². The van der Waals surface area contributed by atoms with Gasteiger partial charge in [-0.2, -0.15) is 10.2 Å². The maximum atomic E-state index is 13.4. The van der Waals surface area contributed by atoms with Crippen LogP contribution in [0.1, 0.15) is 101 Å². The largest absolute Gasteiger partial charge is 0.446 e. The van der Waals surface area contributed by atoms with Crippen molar-refractivity contribution in [2.24, 2.45) is 0 Å². The number of aryl methyl sites for hydroxylation is 2. The van der Waals surface area contributed by atoms with Gasteiger partial charge in [0.2, 0.25) is 17.7 Å². The zero-order valence-corrected chi connectivity index (χ0v) is 29.2. The maximum absolute atomic E-state index is 13.4. The SMILES string of the molecule is CC(C)NC(=O)O[C@H]1CC[C@@H](c2cc(NC(=O)Cc3cnn(CCCCCCCn4c(=O)n(C5CCC(=O)NC5=O)c5ccccc54)c3)n[nH]2)C1. The number of carbonyl (C=O) groups excluding carboxylic acids is 4. The number of carbonyl (C=O) groups is 4. The molecule has 0 radical (unpaired) electrons. The van der Waals surface area contributed by atoms with E-state index in [4.69, 9.17) is 4.74 Å². The molecule has 3 atom stereocenters. The number of H-pyrrole nitrogens is 1. The van der Waals surface area contributed by atoms with Gasteiger partial charge < -0.3 is 15.4 Å². The molecule has 2 fully saturated rings. The van der Waals surface area contributed by atoms with E-state index in [1.165, 1.54) is 4.57 Å². The molecular weight excluding hydrogens is 654 g/mol. The molecule has 51 heavy (non-hydrogen) atoms. The van der Waals surface area contributed by atoms with Crippen LogP contribution >= 0.6 is 0 Å². The molecule has 4 amide bonds. The number of alkyl carbamates (subject to hydrolysis) is 1. The zero-order chi connectivity index (χ0) is 35.9. The lowest BCUT2D eigenvalue weighted by atomic mass is 10.0. The van der Waals surface area contributed by atoms with Crippen LogP contribution in [0.5, 0.6) is 0 Å². The molecule has 0 bridgehead atoms. The summed E-state index contributed by atoms with van der Waals surface area (Å²) in [5.41, 5.74) is 3.02. The third-order valence-electron chi connectivity index (χ3n) is 9.58. The number of piperidine rings is 1. The molecular formula is C36H47N9O6. The first-order valence-corrected chi connectivity index (χ1v) is 18.0. The number of aromatic amines is 1. The van der Waals surface area contributed by atoms with Gasteiger partial charge in [-0.3, -0.25) is 38.6 Å². The first-order chi connectivity index (χ1) is 24.6. The quantitative estimate of drug-likeness (QED) is 0.104. The minimum absolute atomic E-state index is 0.0240. The van der Waals surface area contributed by atoms with E-state index < -0.39 is 18.0 Å². The monoisotopic (exact) mass is 701 g/mol. The molecule has 4 aromatic rings. The van der Waals surface area contributed by atoms with Gasteiger partial charge in [-0.1, -0.05) is 31.4 Å². The van der Waals surface area contributed by atoms with Gasteiger partial charge in [0, 0.05) is 49.4 Å². The molecule has 6 rings (SSSR count). The van der Waals surface area contributed by atoms with E-state index in [1.807, 2.05) is 55.1 Å². The Morgan fingerprint density at radius 3 is 2.55 bits per heavy atom. The van der Waals surface area contributed by atoms with Gasteiger partial charge in [-0.15, -0.1) is 0 Å². The van der Waals surface area contributed by atoms with E-state index in [0.29, 0.717) is 30.7 Å². The number of benzene rings is 1. The van der Waals surface area contributed by atoms with Gasteiger partial charge in [0.15, 0.2) is 5.82 Å². The number of hydrogen-bond acceptors (Lipinski definition) is 8. The number of aromatic nitrogens is 6. The third-order valence-corrected chi connectivity index (χ3v) is 9.58. The summed E-state index contributed by atoms with van der Waals surface area (Å²) >= 11 is 0. The molecule has 4 N–H and O–H groups in total. The van der Waals surface area contributed by atoms with Gasteiger partial charge in [0.05, 0.1) is 23.7 Å². The molecule has 2 aliphatic rings. The summed E-state index contributed by atoms with van der Waals surface area (Å²) in [4.78, 5) is 62.3. The lowest BCUT2D eigenvalue weighted by molar-refractivity contribution is -0.135. The number of rotatable bonds is 15. The summed E-state index contributed by atoms with van der Waals surface area (Å²) in [6, 6.07) is 8.67. The molecule has 272 valence electrons. The highest BCUT2D eigenvalue weighted by atomic mass is 16.6. The van der Waals surface area contributed by atoms with Crippen LogP contribution in [-0.2, 0) is 38.6 Å². The van der Waals surface area contributed by atoms with Crippen LogP contribution in [0.25, 0.3) is 11.0 Å². The molecule has 3 aromatic heterocycles.